The topological polar surface area (TPSA) is 24.9 Å². The lowest BCUT2D eigenvalue weighted by Gasteiger charge is -1.99. The number of nitrogens with one attached hydrogen (secondary N) is 1. The van der Waals surface area contributed by atoms with Gasteiger partial charge in [-0.15, -0.1) is 11.3 Å². The van der Waals surface area contributed by atoms with Crippen LogP contribution in [-0.4, -0.2) is 11.5 Å². The molecule has 3 heteroatoms. The highest BCUT2D eigenvalue weighted by Crippen LogP contribution is 2.22. The summed E-state index contributed by atoms with van der Waals surface area (Å²) in [5.74, 6) is 0. The molecule has 2 rings (SSSR count). The van der Waals surface area contributed by atoms with Crippen LogP contribution in [0, 0.1) is 6.92 Å². The van der Waals surface area contributed by atoms with E-state index in [0.29, 0.717) is 0 Å². The summed E-state index contributed by atoms with van der Waals surface area (Å²) < 4.78 is 0. The normalized spacial score (nSPS) is 10.9. The number of aromatic nitrogens is 1. The van der Waals surface area contributed by atoms with Crippen LogP contribution < -0.4 is 5.32 Å². The Hall–Kier alpha value is -1.19. The molecule has 0 bridgehead atoms. The third kappa shape index (κ3) is 3.88. The van der Waals surface area contributed by atoms with Gasteiger partial charge in [0.1, 0.15) is 0 Å². The van der Waals surface area contributed by atoms with Crippen molar-refractivity contribution < 1.29 is 0 Å². The molecule has 102 valence electrons. The van der Waals surface area contributed by atoms with E-state index >= 15 is 0 Å². The third-order valence-electron chi connectivity index (χ3n) is 3.17. The molecule has 0 aliphatic rings. The molecule has 0 aliphatic carbocycles. The van der Waals surface area contributed by atoms with E-state index < -0.39 is 0 Å². The molecule has 1 N–H and O–H groups in total. The van der Waals surface area contributed by atoms with Gasteiger partial charge < -0.3 is 5.32 Å². The molecule has 0 radical (unpaired) electrons. The maximum Gasteiger partial charge on any atom is 0.0975 e. The van der Waals surface area contributed by atoms with Crippen molar-refractivity contribution in [2.75, 3.05) is 6.54 Å². The summed E-state index contributed by atoms with van der Waals surface area (Å²) in [6, 6.07) is 8.74. The minimum Gasteiger partial charge on any atom is -0.312 e. The second-order valence-corrected chi connectivity index (χ2v) is 5.94. The van der Waals surface area contributed by atoms with Crippen molar-refractivity contribution in [3.63, 3.8) is 0 Å². The van der Waals surface area contributed by atoms with E-state index in [1.165, 1.54) is 26.7 Å². The van der Waals surface area contributed by atoms with E-state index in [0.717, 1.165) is 25.9 Å². The van der Waals surface area contributed by atoms with Crippen molar-refractivity contribution >= 4 is 11.3 Å². The SMILES string of the molecule is CCNCc1sc(Cc2ccc(C)cc2)nc1CC. The van der Waals surface area contributed by atoms with E-state index in [2.05, 4.69) is 50.4 Å². The zero-order valence-corrected chi connectivity index (χ0v) is 12.8. The number of hydrogen-bond donors (Lipinski definition) is 1. The van der Waals surface area contributed by atoms with Gasteiger partial charge in [0.25, 0.3) is 0 Å². The van der Waals surface area contributed by atoms with Crippen LogP contribution in [0.3, 0.4) is 0 Å². The molecule has 19 heavy (non-hydrogen) atoms. The van der Waals surface area contributed by atoms with Gasteiger partial charge in [0, 0.05) is 17.8 Å². The number of hydrogen-bond acceptors (Lipinski definition) is 3. The van der Waals surface area contributed by atoms with Gasteiger partial charge in [-0.2, -0.15) is 0 Å². The molecule has 2 aromatic rings. The van der Waals surface area contributed by atoms with Crippen molar-refractivity contribution in [3.8, 4) is 0 Å². The minimum absolute atomic E-state index is 0.948. The zero-order chi connectivity index (χ0) is 13.7. The fourth-order valence-electron chi connectivity index (χ4n) is 2.05. The van der Waals surface area contributed by atoms with Gasteiger partial charge in [-0.05, 0) is 25.5 Å². The first-order valence-electron chi connectivity index (χ1n) is 6.96. The molecular formula is C16H22N2S. The predicted molar refractivity (Wildman–Crippen MR) is 82.9 cm³/mol. The van der Waals surface area contributed by atoms with Crippen LogP contribution in [0.15, 0.2) is 24.3 Å². The lowest BCUT2D eigenvalue weighted by molar-refractivity contribution is 0.727. The van der Waals surface area contributed by atoms with Crippen molar-refractivity contribution in [2.45, 2.75) is 40.2 Å². The van der Waals surface area contributed by atoms with Crippen molar-refractivity contribution in [1.82, 2.24) is 10.3 Å². The summed E-state index contributed by atoms with van der Waals surface area (Å²) in [6.07, 6.45) is 1.97. The van der Waals surface area contributed by atoms with Crippen molar-refractivity contribution in [1.29, 1.82) is 0 Å². The maximum atomic E-state index is 4.78. The van der Waals surface area contributed by atoms with Crippen LogP contribution in [0.25, 0.3) is 0 Å². The Morgan fingerprint density at radius 1 is 1.16 bits per heavy atom. The molecule has 0 saturated heterocycles. The fourth-order valence-corrected chi connectivity index (χ4v) is 3.21. The molecule has 0 atom stereocenters. The smallest absolute Gasteiger partial charge is 0.0975 e. The predicted octanol–water partition coefficient (Wildman–Crippen LogP) is 3.71. The summed E-state index contributed by atoms with van der Waals surface area (Å²) in [4.78, 5) is 6.17. The van der Waals surface area contributed by atoms with E-state index in [9.17, 15) is 0 Å². The number of aryl methyl sites for hydroxylation is 2. The van der Waals surface area contributed by atoms with Gasteiger partial charge in [-0.25, -0.2) is 4.98 Å². The van der Waals surface area contributed by atoms with Gasteiger partial charge in [-0.1, -0.05) is 43.7 Å². The monoisotopic (exact) mass is 274 g/mol. The summed E-state index contributed by atoms with van der Waals surface area (Å²) >= 11 is 1.85. The second-order valence-electron chi connectivity index (χ2n) is 4.77. The molecule has 0 saturated carbocycles. The first-order chi connectivity index (χ1) is 9.22. The lowest BCUT2D eigenvalue weighted by atomic mass is 10.1. The Bertz CT molecular complexity index is 514. The second kappa shape index (κ2) is 6.83. The standard InChI is InChI=1S/C16H22N2S/c1-4-14-15(11-17-5-2)19-16(18-14)10-13-8-6-12(3)7-9-13/h6-9,17H,4-5,10-11H2,1-3H3. The van der Waals surface area contributed by atoms with E-state index in [1.54, 1.807) is 0 Å². The Balaban J connectivity index is 2.11. The summed E-state index contributed by atoms with van der Waals surface area (Å²) in [7, 11) is 0. The van der Waals surface area contributed by atoms with Crippen LogP contribution in [0.4, 0.5) is 0 Å². The maximum absolute atomic E-state index is 4.78. The molecule has 0 unspecified atom stereocenters. The molecule has 1 aromatic heterocycles. The van der Waals surface area contributed by atoms with Crippen molar-refractivity contribution in [2.24, 2.45) is 0 Å². The van der Waals surface area contributed by atoms with Gasteiger partial charge >= 0.3 is 0 Å². The molecule has 0 spiro atoms. The quantitative estimate of drug-likeness (QED) is 0.868. The number of rotatable bonds is 6. The van der Waals surface area contributed by atoms with Gasteiger partial charge in [0.05, 0.1) is 10.7 Å². The van der Waals surface area contributed by atoms with Crippen LogP contribution in [-0.2, 0) is 19.4 Å². The summed E-state index contributed by atoms with van der Waals surface area (Å²) in [5.41, 5.74) is 3.91. The van der Waals surface area contributed by atoms with E-state index in [4.69, 9.17) is 4.98 Å². The number of benzene rings is 1. The molecule has 1 aromatic carbocycles. The number of nitrogens with zero attached hydrogens (tertiary/aromatic N) is 1. The van der Waals surface area contributed by atoms with Crippen molar-refractivity contribution in [3.05, 3.63) is 51.0 Å². The van der Waals surface area contributed by atoms with E-state index in [-0.39, 0.29) is 0 Å². The Morgan fingerprint density at radius 3 is 2.53 bits per heavy atom. The Labute approximate surface area is 119 Å². The average Bonchev–Trinajstić information content (AvgIpc) is 2.81. The molecule has 2 nitrogen and oxygen atoms in total. The number of thiazole rings is 1. The largest absolute Gasteiger partial charge is 0.312 e. The highest BCUT2D eigenvalue weighted by molar-refractivity contribution is 7.11. The lowest BCUT2D eigenvalue weighted by Crippen LogP contribution is -2.11. The first kappa shape index (κ1) is 14.2. The average molecular weight is 274 g/mol. The minimum atomic E-state index is 0.948. The van der Waals surface area contributed by atoms with Gasteiger partial charge in [0.2, 0.25) is 0 Å². The molecular weight excluding hydrogens is 252 g/mol. The Kier molecular flexibility index (Phi) is 5.11. The van der Waals surface area contributed by atoms with E-state index in [1.807, 2.05) is 11.3 Å². The Morgan fingerprint density at radius 2 is 1.89 bits per heavy atom. The highest BCUT2D eigenvalue weighted by atomic mass is 32.1. The molecule has 0 amide bonds. The molecule has 1 heterocycles. The molecule has 0 fully saturated rings. The van der Waals surface area contributed by atoms with Crippen LogP contribution in [0.2, 0.25) is 0 Å². The van der Waals surface area contributed by atoms with Gasteiger partial charge in [-0.3, -0.25) is 0 Å². The third-order valence-corrected chi connectivity index (χ3v) is 4.27. The summed E-state index contributed by atoms with van der Waals surface area (Å²) in [6.45, 7) is 8.40. The summed E-state index contributed by atoms with van der Waals surface area (Å²) in [5, 5.41) is 4.62. The first-order valence-corrected chi connectivity index (χ1v) is 7.78. The zero-order valence-electron chi connectivity index (χ0n) is 12.0. The fraction of sp³-hybridized carbons (Fsp3) is 0.438. The highest BCUT2D eigenvalue weighted by Gasteiger charge is 2.09. The van der Waals surface area contributed by atoms with Crippen LogP contribution in [0.5, 0.6) is 0 Å². The van der Waals surface area contributed by atoms with Gasteiger partial charge in [0.15, 0.2) is 0 Å². The molecule has 0 aliphatic heterocycles. The van der Waals surface area contributed by atoms with Crippen LogP contribution in [0.1, 0.15) is 40.6 Å². The van der Waals surface area contributed by atoms with Crippen LogP contribution >= 0.6 is 11.3 Å².